The highest BCUT2D eigenvalue weighted by Gasteiger charge is 2.33. The summed E-state index contributed by atoms with van der Waals surface area (Å²) < 4.78 is 50.1. The van der Waals surface area contributed by atoms with Gasteiger partial charge in [-0.25, -0.2) is 0 Å². The van der Waals surface area contributed by atoms with E-state index in [1.165, 1.54) is 28.0 Å². The average molecular weight is 733 g/mol. The summed E-state index contributed by atoms with van der Waals surface area (Å²) in [6, 6.07) is 20.0. The Morgan fingerprint density at radius 1 is 0.981 bits per heavy atom. The fourth-order valence-electron chi connectivity index (χ4n) is 5.96. The van der Waals surface area contributed by atoms with E-state index in [9.17, 15) is 27.6 Å². The molecule has 0 bridgehead atoms. The smallest absolute Gasteiger partial charge is 0.373 e. The van der Waals surface area contributed by atoms with E-state index in [2.05, 4.69) is 15.0 Å². The highest BCUT2D eigenvalue weighted by molar-refractivity contribution is 5.95. The van der Waals surface area contributed by atoms with Crippen LogP contribution >= 0.6 is 0 Å². The van der Waals surface area contributed by atoms with Crippen LogP contribution in [0.5, 0.6) is 0 Å². The van der Waals surface area contributed by atoms with E-state index in [4.69, 9.17) is 9.26 Å². The average Bonchev–Trinajstić information content (AvgIpc) is 3.58. The number of halogens is 3. The lowest BCUT2D eigenvalue weighted by molar-refractivity contribution is -0.143. The molecule has 280 valence electrons. The summed E-state index contributed by atoms with van der Waals surface area (Å²) in [6.45, 7) is 6.72. The maximum absolute atomic E-state index is 14.3. The highest BCUT2D eigenvalue weighted by Crippen LogP contribution is 2.27. The number of piperazine rings is 1. The van der Waals surface area contributed by atoms with Crippen molar-refractivity contribution < 1.29 is 36.8 Å². The summed E-state index contributed by atoms with van der Waals surface area (Å²) in [6.07, 6.45) is -0.693. The number of hydrogen-bond acceptors (Lipinski definition) is 8. The molecule has 2 aromatic heterocycles. The molecular formula is C39H43F3N6O5. The molecule has 1 fully saturated rings. The van der Waals surface area contributed by atoms with Crippen LogP contribution in [0.4, 0.5) is 18.9 Å². The van der Waals surface area contributed by atoms with Gasteiger partial charge in [0.2, 0.25) is 17.7 Å². The number of alkyl halides is 3. The van der Waals surface area contributed by atoms with Crippen molar-refractivity contribution in [3.63, 3.8) is 0 Å². The van der Waals surface area contributed by atoms with Crippen molar-refractivity contribution >= 4 is 29.5 Å². The predicted molar refractivity (Wildman–Crippen MR) is 192 cm³/mol. The van der Waals surface area contributed by atoms with Crippen LogP contribution in [0.2, 0.25) is 0 Å². The van der Waals surface area contributed by atoms with Gasteiger partial charge in [-0.2, -0.15) is 13.2 Å². The minimum atomic E-state index is -4.59. The number of carbonyl (C=O) groups is 3. The van der Waals surface area contributed by atoms with Crippen LogP contribution in [0.25, 0.3) is 6.08 Å². The second kappa shape index (κ2) is 17.8. The van der Waals surface area contributed by atoms with Crippen molar-refractivity contribution in [3.8, 4) is 0 Å². The number of hydrogen-bond donors (Lipinski definition) is 0. The second-order valence-corrected chi connectivity index (χ2v) is 12.9. The fraction of sp³-hybridized carbons (Fsp3) is 0.359. The molecule has 0 aliphatic carbocycles. The number of rotatable bonds is 14. The lowest BCUT2D eigenvalue weighted by Gasteiger charge is -2.36. The van der Waals surface area contributed by atoms with Crippen LogP contribution in [0.15, 0.2) is 89.6 Å². The van der Waals surface area contributed by atoms with Crippen molar-refractivity contribution in [2.45, 2.75) is 45.6 Å². The first-order chi connectivity index (χ1) is 25.4. The van der Waals surface area contributed by atoms with Gasteiger partial charge in [-0.15, -0.1) is 0 Å². The SMILES string of the molecule is CC(=O)N1CCN(c2ccc(CN(C(=O)/C=C/c3ccc(C(F)(F)F)nc3)[C@@H](Cc3ccccc3)C(=O)N(C)CCOCc3cc(C)on3)cc2)CC1. The van der Waals surface area contributed by atoms with Crippen molar-refractivity contribution in [1.82, 2.24) is 24.8 Å². The Morgan fingerprint density at radius 2 is 1.70 bits per heavy atom. The number of anilines is 1. The molecule has 1 aliphatic rings. The number of aromatic nitrogens is 2. The summed E-state index contributed by atoms with van der Waals surface area (Å²) in [5.74, 6) is -0.106. The molecule has 1 aliphatic heterocycles. The lowest BCUT2D eigenvalue weighted by atomic mass is 10.0. The van der Waals surface area contributed by atoms with Gasteiger partial charge in [-0.1, -0.05) is 53.7 Å². The van der Waals surface area contributed by atoms with Crippen LogP contribution in [0.1, 0.15) is 40.8 Å². The standard InChI is InChI=1S/C39H43F3N6O5/c1-28-23-33(44-53-28)27-52-22-21-45(3)38(51)35(24-30-7-5-4-6-8-30)48(37(50)16-12-31-11-15-36(43-25-31)39(40,41)42)26-32-9-13-34(14-10-32)47-19-17-46(18-20-47)29(2)49/h4-16,23,25,35H,17-22,24,26-27H2,1-3H3/b16-12+/t35-/m0/s1. The molecule has 11 nitrogen and oxygen atoms in total. The molecule has 2 aromatic carbocycles. The minimum Gasteiger partial charge on any atom is -0.373 e. The first-order valence-corrected chi connectivity index (χ1v) is 17.3. The Labute approximate surface area is 306 Å². The van der Waals surface area contributed by atoms with E-state index in [-0.39, 0.29) is 44.5 Å². The quantitative estimate of drug-likeness (QED) is 0.125. The fourth-order valence-corrected chi connectivity index (χ4v) is 5.96. The molecule has 0 N–H and O–H groups in total. The summed E-state index contributed by atoms with van der Waals surface area (Å²) in [7, 11) is 1.65. The Balaban J connectivity index is 1.38. The number of amides is 3. The number of nitrogens with zero attached hydrogens (tertiary/aromatic N) is 6. The molecule has 14 heteroatoms. The Bertz CT molecular complexity index is 1840. The first kappa shape index (κ1) is 38.7. The zero-order chi connectivity index (χ0) is 38.0. The largest absolute Gasteiger partial charge is 0.433 e. The molecule has 4 aromatic rings. The number of aryl methyl sites for hydroxylation is 1. The second-order valence-electron chi connectivity index (χ2n) is 12.9. The normalized spacial score (nSPS) is 14.0. The summed E-state index contributed by atoms with van der Waals surface area (Å²) >= 11 is 0. The summed E-state index contributed by atoms with van der Waals surface area (Å²) in [5.41, 5.74) is 2.47. The molecule has 0 spiro atoms. The number of ether oxygens (including phenoxy) is 1. The van der Waals surface area contributed by atoms with Gasteiger partial charge in [-0.05, 0) is 47.9 Å². The van der Waals surface area contributed by atoms with Gasteiger partial charge in [-0.3, -0.25) is 19.4 Å². The van der Waals surface area contributed by atoms with E-state index >= 15 is 0 Å². The van der Waals surface area contributed by atoms with Crippen LogP contribution in [0, 0.1) is 6.92 Å². The highest BCUT2D eigenvalue weighted by atomic mass is 19.4. The van der Waals surface area contributed by atoms with Crippen molar-refractivity contribution in [1.29, 1.82) is 0 Å². The van der Waals surface area contributed by atoms with E-state index in [0.717, 1.165) is 29.1 Å². The molecule has 0 unspecified atom stereocenters. The molecule has 1 atom stereocenters. The van der Waals surface area contributed by atoms with Crippen molar-refractivity contribution in [2.75, 3.05) is 51.3 Å². The molecular weight excluding hydrogens is 689 g/mol. The van der Waals surface area contributed by atoms with Gasteiger partial charge in [0.05, 0.1) is 13.2 Å². The van der Waals surface area contributed by atoms with Gasteiger partial charge in [0.25, 0.3) is 0 Å². The first-order valence-electron chi connectivity index (χ1n) is 17.3. The van der Waals surface area contributed by atoms with E-state index in [0.29, 0.717) is 43.2 Å². The third kappa shape index (κ3) is 11.0. The topological polar surface area (TPSA) is 112 Å². The van der Waals surface area contributed by atoms with E-state index in [1.54, 1.807) is 27.0 Å². The van der Waals surface area contributed by atoms with Gasteiger partial charge in [0.1, 0.15) is 23.2 Å². The van der Waals surface area contributed by atoms with Gasteiger partial charge < -0.3 is 28.9 Å². The summed E-state index contributed by atoms with van der Waals surface area (Å²) in [4.78, 5) is 50.7. The van der Waals surface area contributed by atoms with Crippen LogP contribution in [-0.4, -0.2) is 95.0 Å². The molecule has 1 saturated heterocycles. The minimum absolute atomic E-state index is 0.0489. The third-order valence-electron chi connectivity index (χ3n) is 8.96. The Hall–Kier alpha value is -5.50. The number of likely N-dealkylation sites (N-methyl/N-ethyl adjacent to an activating group) is 1. The maximum atomic E-state index is 14.3. The van der Waals surface area contributed by atoms with Crippen LogP contribution < -0.4 is 4.90 Å². The van der Waals surface area contributed by atoms with Gasteiger partial charge >= 0.3 is 6.18 Å². The predicted octanol–water partition coefficient (Wildman–Crippen LogP) is 5.39. The Morgan fingerprint density at radius 3 is 2.30 bits per heavy atom. The zero-order valence-corrected chi connectivity index (χ0v) is 30.0. The molecule has 3 heterocycles. The van der Waals surface area contributed by atoms with Crippen LogP contribution in [-0.2, 0) is 44.9 Å². The Kier molecular flexibility index (Phi) is 13.0. The lowest BCUT2D eigenvalue weighted by Crippen LogP contribution is -2.51. The van der Waals surface area contributed by atoms with Crippen molar-refractivity contribution in [2.24, 2.45) is 0 Å². The molecule has 0 saturated carbocycles. The van der Waals surface area contributed by atoms with Gasteiger partial charge in [0, 0.05) is 83.7 Å². The molecule has 5 rings (SSSR count). The molecule has 0 radical (unpaired) electrons. The summed E-state index contributed by atoms with van der Waals surface area (Å²) in [5, 5.41) is 3.92. The van der Waals surface area contributed by atoms with Crippen LogP contribution in [0.3, 0.4) is 0 Å². The number of benzene rings is 2. The van der Waals surface area contributed by atoms with Crippen molar-refractivity contribution in [3.05, 3.63) is 119 Å². The maximum Gasteiger partial charge on any atom is 0.433 e. The van der Waals surface area contributed by atoms with Gasteiger partial charge in [0.15, 0.2) is 0 Å². The van der Waals surface area contributed by atoms with E-state index in [1.807, 2.05) is 59.5 Å². The number of carbonyl (C=O) groups excluding carboxylic acids is 3. The van der Waals surface area contributed by atoms with E-state index < -0.39 is 23.8 Å². The third-order valence-corrected chi connectivity index (χ3v) is 8.96. The monoisotopic (exact) mass is 732 g/mol. The zero-order valence-electron chi connectivity index (χ0n) is 30.0. The molecule has 3 amide bonds. The molecule has 53 heavy (non-hydrogen) atoms. The number of pyridine rings is 1.